The van der Waals surface area contributed by atoms with E-state index in [9.17, 15) is 9.59 Å². The first-order valence-corrected chi connectivity index (χ1v) is 12.5. The molecular formula is C27H30N2O5. The highest BCUT2D eigenvalue weighted by atomic mass is 16.5. The first-order valence-electron chi connectivity index (χ1n) is 12.5. The number of ether oxygens (including phenoxy) is 2. The lowest BCUT2D eigenvalue weighted by Crippen LogP contribution is -2.48. The Balaban J connectivity index is 1.45. The van der Waals surface area contributed by atoms with Gasteiger partial charge in [0, 0.05) is 6.07 Å². The summed E-state index contributed by atoms with van der Waals surface area (Å²) in [4.78, 5) is 29.4. The standard InChI is InChI=1S/C27H30N2O5/c1-3-32-18-9-6-8-17(14-18)23-22-24(30)20-12-11-16-7-4-5-10-19(16)25(20)33-26(22)27(31)29(23)21-13-15(2)34-28-21/h6,8-9,13-14,16,19-20,23,25H,3-5,7,10-12H2,1-2H3. The molecule has 0 bridgehead atoms. The third-order valence-corrected chi connectivity index (χ3v) is 8.03. The number of carbonyl (C=O) groups excluding carboxylic acids is 2. The molecule has 7 nitrogen and oxygen atoms in total. The summed E-state index contributed by atoms with van der Waals surface area (Å²) < 4.78 is 17.6. The lowest BCUT2D eigenvalue weighted by molar-refractivity contribution is -0.139. The number of amides is 1. The second-order valence-electron chi connectivity index (χ2n) is 9.96. The highest BCUT2D eigenvalue weighted by Crippen LogP contribution is 2.52. The van der Waals surface area contributed by atoms with Gasteiger partial charge in [0.05, 0.1) is 24.1 Å². The van der Waals surface area contributed by atoms with E-state index in [1.54, 1.807) is 17.9 Å². The maximum Gasteiger partial charge on any atom is 0.295 e. The van der Waals surface area contributed by atoms with Crippen molar-refractivity contribution in [3.05, 3.63) is 53.0 Å². The molecule has 0 N–H and O–H groups in total. The molecule has 2 aromatic rings. The predicted octanol–water partition coefficient (Wildman–Crippen LogP) is 4.91. The molecule has 4 aliphatic rings. The van der Waals surface area contributed by atoms with Gasteiger partial charge in [0.1, 0.15) is 17.6 Å². The first kappa shape index (κ1) is 21.4. The highest BCUT2D eigenvalue weighted by molar-refractivity contribution is 6.17. The molecular weight excluding hydrogens is 432 g/mol. The molecule has 2 saturated carbocycles. The van der Waals surface area contributed by atoms with Crippen LogP contribution >= 0.6 is 0 Å². The quantitative estimate of drug-likeness (QED) is 0.642. The summed E-state index contributed by atoms with van der Waals surface area (Å²) >= 11 is 0. The van der Waals surface area contributed by atoms with Crippen molar-refractivity contribution in [3.8, 4) is 5.75 Å². The van der Waals surface area contributed by atoms with Gasteiger partial charge in [-0.15, -0.1) is 0 Å². The maximum absolute atomic E-state index is 14.0. The van der Waals surface area contributed by atoms with Crippen molar-refractivity contribution < 1.29 is 23.6 Å². The Labute approximate surface area is 199 Å². The molecule has 0 radical (unpaired) electrons. The number of fused-ring (bicyclic) bond motifs is 3. The Bertz CT molecular complexity index is 1170. The number of nitrogens with zero attached hydrogens (tertiary/aromatic N) is 2. The zero-order valence-corrected chi connectivity index (χ0v) is 19.7. The Hall–Kier alpha value is -3.09. The largest absolute Gasteiger partial charge is 0.494 e. The fraction of sp³-hybridized carbons (Fsp3) is 0.519. The van der Waals surface area contributed by atoms with Crippen LogP contribution in [0, 0.1) is 24.7 Å². The summed E-state index contributed by atoms with van der Waals surface area (Å²) in [6.07, 6.45) is 6.36. The topological polar surface area (TPSA) is 81.9 Å². The smallest absolute Gasteiger partial charge is 0.295 e. The zero-order chi connectivity index (χ0) is 23.4. The van der Waals surface area contributed by atoms with E-state index in [0.29, 0.717) is 41.3 Å². The van der Waals surface area contributed by atoms with Crippen LogP contribution in [-0.4, -0.2) is 29.6 Å². The Kier molecular flexibility index (Phi) is 5.23. The molecule has 178 valence electrons. The molecule has 1 aromatic carbocycles. The number of anilines is 1. The fourth-order valence-electron chi connectivity index (χ4n) is 6.58. The summed E-state index contributed by atoms with van der Waals surface area (Å²) in [5, 5.41) is 4.13. The molecule has 3 heterocycles. The molecule has 2 aliphatic carbocycles. The summed E-state index contributed by atoms with van der Waals surface area (Å²) in [7, 11) is 0. The van der Waals surface area contributed by atoms with Crippen molar-refractivity contribution in [3.63, 3.8) is 0 Å². The average Bonchev–Trinajstić information content (AvgIpc) is 3.40. The number of benzene rings is 1. The van der Waals surface area contributed by atoms with E-state index in [1.807, 2.05) is 31.2 Å². The molecule has 2 fully saturated rings. The number of hydrogen-bond donors (Lipinski definition) is 0. The summed E-state index contributed by atoms with van der Waals surface area (Å²) in [6, 6.07) is 8.69. The van der Waals surface area contributed by atoms with Crippen LogP contribution in [0.5, 0.6) is 5.75 Å². The number of aryl methyl sites for hydroxylation is 1. The third kappa shape index (κ3) is 3.28. The van der Waals surface area contributed by atoms with Gasteiger partial charge in [0.25, 0.3) is 5.91 Å². The number of rotatable bonds is 4. The molecule has 0 saturated heterocycles. The number of ketones is 1. The Morgan fingerprint density at radius 2 is 1.97 bits per heavy atom. The minimum Gasteiger partial charge on any atom is -0.494 e. The van der Waals surface area contributed by atoms with Gasteiger partial charge in [0.2, 0.25) is 0 Å². The van der Waals surface area contributed by atoms with Gasteiger partial charge in [0.15, 0.2) is 17.4 Å². The number of hydrogen-bond acceptors (Lipinski definition) is 6. The second-order valence-corrected chi connectivity index (χ2v) is 9.96. The van der Waals surface area contributed by atoms with Crippen LogP contribution in [0.4, 0.5) is 5.82 Å². The van der Waals surface area contributed by atoms with E-state index in [0.717, 1.165) is 24.8 Å². The molecule has 34 heavy (non-hydrogen) atoms. The van der Waals surface area contributed by atoms with Crippen LogP contribution in [-0.2, 0) is 14.3 Å². The Morgan fingerprint density at radius 3 is 2.76 bits per heavy atom. The molecule has 7 heteroatoms. The third-order valence-electron chi connectivity index (χ3n) is 8.03. The highest BCUT2D eigenvalue weighted by Gasteiger charge is 2.56. The molecule has 2 aliphatic heterocycles. The molecule has 5 atom stereocenters. The summed E-state index contributed by atoms with van der Waals surface area (Å²) in [5.41, 5.74) is 1.25. The van der Waals surface area contributed by atoms with Crippen LogP contribution in [0.15, 0.2) is 46.2 Å². The van der Waals surface area contributed by atoms with Gasteiger partial charge in [-0.2, -0.15) is 0 Å². The number of aromatic nitrogens is 1. The Morgan fingerprint density at radius 1 is 1.12 bits per heavy atom. The molecule has 0 spiro atoms. The van der Waals surface area contributed by atoms with Crippen LogP contribution in [0.25, 0.3) is 0 Å². The van der Waals surface area contributed by atoms with Gasteiger partial charge >= 0.3 is 0 Å². The first-order chi connectivity index (χ1) is 16.6. The zero-order valence-electron chi connectivity index (χ0n) is 19.7. The van der Waals surface area contributed by atoms with Gasteiger partial charge in [-0.3, -0.25) is 14.5 Å². The maximum atomic E-state index is 14.0. The van der Waals surface area contributed by atoms with Crippen LogP contribution in [0.2, 0.25) is 0 Å². The number of Topliss-reactive ketones (excluding diaryl/α,β-unsaturated/α-hetero) is 1. The minimum absolute atomic E-state index is 0.0538. The van der Waals surface area contributed by atoms with E-state index in [-0.39, 0.29) is 29.5 Å². The van der Waals surface area contributed by atoms with Crippen molar-refractivity contribution >= 4 is 17.5 Å². The van der Waals surface area contributed by atoms with Crippen LogP contribution in [0.1, 0.15) is 62.8 Å². The van der Waals surface area contributed by atoms with Crippen molar-refractivity contribution in [2.24, 2.45) is 17.8 Å². The van der Waals surface area contributed by atoms with E-state index in [4.69, 9.17) is 14.0 Å². The SMILES string of the molecule is CCOc1cccc(C2C3=C(OC4C(CCC5CCCCC54)C3=O)C(=O)N2c2cc(C)on2)c1. The normalized spacial score (nSPS) is 30.5. The second kappa shape index (κ2) is 8.29. The van der Waals surface area contributed by atoms with Gasteiger partial charge < -0.3 is 14.0 Å². The fourth-order valence-corrected chi connectivity index (χ4v) is 6.58. The molecule has 5 unspecified atom stereocenters. The summed E-state index contributed by atoms with van der Waals surface area (Å²) in [5.74, 6) is 2.36. The van der Waals surface area contributed by atoms with Crippen molar-refractivity contribution in [1.82, 2.24) is 5.16 Å². The van der Waals surface area contributed by atoms with Crippen molar-refractivity contribution in [2.45, 2.75) is 64.5 Å². The van der Waals surface area contributed by atoms with E-state index >= 15 is 0 Å². The summed E-state index contributed by atoms with van der Waals surface area (Å²) in [6.45, 7) is 4.24. The minimum atomic E-state index is -0.620. The van der Waals surface area contributed by atoms with E-state index in [1.165, 1.54) is 19.3 Å². The average molecular weight is 463 g/mol. The van der Waals surface area contributed by atoms with Crippen molar-refractivity contribution in [1.29, 1.82) is 0 Å². The molecule has 6 rings (SSSR count). The van der Waals surface area contributed by atoms with Gasteiger partial charge in [-0.25, -0.2) is 0 Å². The van der Waals surface area contributed by atoms with Gasteiger partial charge in [-0.1, -0.05) is 36.6 Å². The lowest BCUT2D eigenvalue weighted by Gasteiger charge is -2.46. The van der Waals surface area contributed by atoms with Crippen LogP contribution in [0.3, 0.4) is 0 Å². The van der Waals surface area contributed by atoms with Crippen LogP contribution < -0.4 is 9.64 Å². The molecule has 1 amide bonds. The lowest BCUT2D eigenvalue weighted by atomic mass is 9.63. The monoisotopic (exact) mass is 462 g/mol. The van der Waals surface area contributed by atoms with E-state index < -0.39 is 6.04 Å². The van der Waals surface area contributed by atoms with Crippen molar-refractivity contribution in [2.75, 3.05) is 11.5 Å². The number of carbonyl (C=O) groups is 2. The molecule has 1 aromatic heterocycles. The van der Waals surface area contributed by atoms with E-state index in [2.05, 4.69) is 5.16 Å². The van der Waals surface area contributed by atoms with Gasteiger partial charge in [-0.05, 0) is 62.6 Å². The predicted molar refractivity (Wildman–Crippen MR) is 124 cm³/mol.